The largest absolute Gasteiger partial charge is 0.379 e. The van der Waals surface area contributed by atoms with E-state index in [2.05, 4.69) is 29.1 Å². The molecular weight excluding hydrogens is 264 g/mol. The molecule has 0 unspecified atom stereocenters. The summed E-state index contributed by atoms with van der Waals surface area (Å²) in [5.41, 5.74) is 6.13. The smallest absolute Gasteiger partial charge is 0.188 e. The maximum absolute atomic E-state index is 6.09. The molecule has 0 amide bonds. The number of morpholine rings is 1. The minimum atomic E-state index is 0.0412. The lowest BCUT2D eigenvalue weighted by atomic mass is 10.0. The Kier molecular flexibility index (Phi) is 6.30. The number of guanidine groups is 1. The standard InChI is InChI=1S/C16H32N4O/c1-16(2,20-9-11-21-12-10-20)13-18-15(17)19-14-7-5-3-4-6-8-14/h14H,3-13H2,1-2H3,(H3,17,18,19). The molecule has 5 nitrogen and oxygen atoms in total. The van der Waals surface area contributed by atoms with E-state index in [1.165, 1.54) is 38.5 Å². The van der Waals surface area contributed by atoms with Gasteiger partial charge in [0.25, 0.3) is 0 Å². The molecule has 21 heavy (non-hydrogen) atoms. The van der Waals surface area contributed by atoms with E-state index in [4.69, 9.17) is 10.5 Å². The second-order valence-corrected chi connectivity index (χ2v) is 6.95. The van der Waals surface area contributed by atoms with Gasteiger partial charge in [-0.25, -0.2) is 0 Å². The topological polar surface area (TPSA) is 62.9 Å². The van der Waals surface area contributed by atoms with Crippen molar-refractivity contribution in [1.29, 1.82) is 0 Å². The van der Waals surface area contributed by atoms with Crippen molar-refractivity contribution in [2.24, 2.45) is 10.7 Å². The van der Waals surface area contributed by atoms with E-state index in [0.717, 1.165) is 32.8 Å². The zero-order chi connectivity index (χ0) is 15.1. The van der Waals surface area contributed by atoms with Gasteiger partial charge in [-0.2, -0.15) is 0 Å². The number of ether oxygens (including phenoxy) is 1. The Balaban J connectivity index is 1.80. The quantitative estimate of drug-likeness (QED) is 0.471. The van der Waals surface area contributed by atoms with Crippen molar-refractivity contribution in [1.82, 2.24) is 10.2 Å². The lowest BCUT2D eigenvalue weighted by Gasteiger charge is -2.39. The number of nitrogens with zero attached hydrogens (tertiary/aromatic N) is 2. The fourth-order valence-corrected chi connectivity index (χ4v) is 3.23. The third-order valence-electron chi connectivity index (χ3n) is 4.71. The zero-order valence-corrected chi connectivity index (χ0v) is 13.7. The van der Waals surface area contributed by atoms with E-state index in [-0.39, 0.29) is 5.54 Å². The Morgan fingerprint density at radius 2 is 1.81 bits per heavy atom. The molecule has 0 aromatic carbocycles. The molecule has 0 bridgehead atoms. The Morgan fingerprint density at radius 3 is 2.43 bits per heavy atom. The molecule has 1 aliphatic carbocycles. The van der Waals surface area contributed by atoms with Gasteiger partial charge in [-0.3, -0.25) is 9.89 Å². The van der Waals surface area contributed by atoms with Crippen LogP contribution in [0, 0.1) is 0 Å². The molecule has 0 aromatic heterocycles. The Bertz CT molecular complexity index is 329. The van der Waals surface area contributed by atoms with Gasteiger partial charge in [-0.15, -0.1) is 0 Å². The summed E-state index contributed by atoms with van der Waals surface area (Å²) in [4.78, 5) is 7.04. The van der Waals surface area contributed by atoms with Gasteiger partial charge in [0.2, 0.25) is 0 Å². The van der Waals surface area contributed by atoms with Crippen LogP contribution < -0.4 is 11.1 Å². The van der Waals surface area contributed by atoms with E-state index >= 15 is 0 Å². The van der Waals surface area contributed by atoms with Crippen molar-refractivity contribution in [3.8, 4) is 0 Å². The number of nitrogens with two attached hydrogens (primary N) is 1. The van der Waals surface area contributed by atoms with Gasteiger partial charge in [-0.05, 0) is 26.7 Å². The molecule has 5 heteroatoms. The summed E-state index contributed by atoms with van der Waals surface area (Å²) >= 11 is 0. The Labute approximate surface area is 129 Å². The lowest BCUT2D eigenvalue weighted by molar-refractivity contribution is -0.00682. The average Bonchev–Trinajstić information content (AvgIpc) is 2.75. The summed E-state index contributed by atoms with van der Waals surface area (Å²) in [6, 6.07) is 0.516. The molecule has 1 saturated heterocycles. The Hall–Kier alpha value is -0.810. The summed E-state index contributed by atoms with van der Waals surface area (Å²) < 4.78 is 5.42. The number of hydrogen-bond donors (Lipinski definition) is 2. The van der Waals surface area contributed by atoms with Crippen LogP contribution in [0.25, 0.3) is 0 Å². The van der Waals surface area contributed by atoms with Gasteiger partial charge in [0.1, 0.15) is 0 Å². The third kappa shape index (κ3) is 5.47. The van der Waals surface area contributed by atoms with Crippen molar-refractivity contribution < 1.29 is 4.74 Å². The minimum absolute atomic E-state index is 0.0412. The van der Waals surface area contributed by atoms with Crippen LogP contribution in [0.1, 0.15) is 52.4 Å². The summed E-state index contributed by atoms with van der Waals surface area (Å²) in [7, 11) is 0. The number of nitrogens with one attached hydrogen (secondary N) is 1. The van der Waals surface area contributed by atoms with Gasteiger partial charge >= 0.3 is 0 Å². The molecule has 0 spiro atoms. The monoisotopic (exact) mass is 296 g/mol. The van der Waals surface area contributed by atoms with Crippen LogP contribution in [0.4, 0.5) is 0 Å². The van der Waals surface area contributed by atoms with Gasteiger partial charge in [0.15, 0.2) is 5.96 Å². The second kappa shape index (κ2) is 7.99. The highest BCUT2D eigenvalue weighted by atomic mass is 16.5. The van der Waals surface area contributed by atoms with Crippen molar-refractivity contribution in [3.05, 3.63) is 0 Å². The summed E-state index contributed by atoms with van der Waals surface area (Å²) in [6.45, 7) is 8.82. The Morgan fingerprint density at radius 1 is 1.19 bits per heavy atom. The first-order valence-electron chi connectivity index (χ1n) is 8.47. The van der Waals surface area contributed by atoms with Crippen molar-refractivity contribution in [3.63, 3.8) is 0 Å². The van der Waals surface area contributed by atoms with E-state index < -0.39 is 0 Å². The first-order chi connectivity index (χ1) is 10.1. The van der Waals surface area contributed by atoms with E-state index in [0.29, 0.717) is 12.0 Å². The highest BCUT2D eigenvalue weighted by Gasteiger charge is 2.28. The van der Waals surface area contributed by atoms with Gasteiger partial charge in [0, 0.05) is 24.7 Å². The highest BCUT2D eigenvalue weighted by molar-refractivity contribution is 5.78. The maximum Gasteiger partial charge on any atom is 0.188 e. The minimum Gasteiger partial charge on any atom is -0.379 e. The number of hydrogen-bond acceptors (Lipinski definition) is 3. The normalized spacial score (nSPS) is 23.8. The predicted octanol–water partition coefficient (Wildman–Crippen LogP) is 1.72. The van der Waals surface area contributed by atoms with Crippen LogP contribution in [-0.4, -0.2) is 55.3 Å². The van der Waals surface area contributed by atoms with Crippen molar-refractivity contribution in [2.45, 2.75) is 64.0 Å². The van der Waals surface area contributed by atoms with Crippen LogP contribution in [0.3, 0.4) is 0 Å². The average molecular weight is 296 g/mol. The first kappa shape index (κ1) is 16.6. The molecule has 2 aliphatic rings. The van der Waals surface area contributed by atoms with Crippen LogP contribution in [-0.2, 0) is 4.74 Å². The molecule has 122 valence electrons. The van der Waals surface area contributed by atoms with E-state index in [1.807, 2.05) is 0 Å². The van der Waals surface area contributed by atoms with E-state index in [9.17, 15) is 0 Å². The van der Waals surface area contributed by atoms with Crippen molar-refractivity contribution >= 4 is 5.96 Å². The molecule has 1 aliphatic heterocycles. The molecule has 0 aromatic rings. The van der Waals surface area contributed by atoms with Gasteiger partial charge in [0.05, 0.1) is 19.8 Å². The maximum atomic E-state index is 6.09. The van der Waals surface area contributed by atoms with Gasteiger partial charge in [-0.1, -0.05) is 25.7 Å². The lowest BCUT2D eigenvalue weighted by Crippen LogP contribution is -2.52. The molecule has 0 radical (unpaired) electrons. The molecular formula is C16H32N4O. The molecule has 1 heterocycles. The number of aliphatic imine (C=N–C) groups is 1. The predicted molar refractivity (Wildman–Crippen MR) is 87.6 cm³/mol. The third-order valence-corrected chi connectivity index (χ3v) is 4.71. The number of rotatable bonds is 4. The zero-order valence-electron chi connectivity index (χ0n) is 13.7. The second-order valence-electron chi connectivity index (χ2n) is 6.95. The first-order valence-corrected chi connectivity index (χ1v) is 8.47. The van der Waals surface area contributed by atoms with Crippen LogP contribution in [0.5, 0.6) is 0 Å². The van der Waals surface area contributed by atoms with E-state index in [1.54, 1.807) is 0 Å². The summed E-state index contributed by atoms with van der Waals surface area (Å²) in [5.74, 6) is 0.614. The summed E-state index contributed by atoms with van der Waals surface area (Å²) in [6.07, 6.45) is 7.79. The van der Waals surface area contributed by atoms with Crippen LogP contribution >= 0.6 is 0 Å². The van der Waals surface area contributed by atoms with Crippen LogP contribution in [0.15, 0.2) is 4.99 Å². The molecule has 1 saturated carbocycles. The summed E-state index contributed by atoms with van der Waals surface area (Å²) in [5, 5.41) is 3.42. The van der Waals surface area contributed by atoms with Gasteiger partial charge < -0.3 is 15.8 Å². The van der Waals surface area contributed by atoms with Crippen molar-refractivity contribution in [2.75, 3.05) is 32.8 Å². The molecule has 3 N–H and O–H groups in total. The highest BCUT2D eigenvalue weighted by Crippen LogP contribution is 2.18. The van der Waals surface area contributed by atoms with Crippen LogP contribution in [0.2, 0.25) is 0 Å². The molecule has 2 rings (SSSR count). The molecule has 2 fully saturated rings. The molecule has 0 atom stereocenters. The fourth-order valence-electron chi connectivity index (χ4n) is 3.23. The fraction of sp³-hybridized carbons (Fsp3) is 0.938. The SMILES string of the molecule is CC(C)(CN=C(N)NC1CCCCCC1)N1CCOCC1.